The van der Waals surface area contributed by atoms with E-state index in [1.807, 2.05) is 11.3 Å². The molecule has 0 aliphatic heterocycles. The monoisotopic (exact) mass is 274 g/mol. The molecule has 19 heavy (non-hydrogen) atoms. The summed E-state index contributed by atoms with van der Waals surface area (Å²) in [6.07, 6.45) is 1.18. The number of thiophene rings is 1. The van der Waals surface area contributed by atoms with Gasteiger partial charge in [-0.05, 0) is 42.1 Å². The molecule has 2 rings (SSSR count). The number of anilines is 1. The molecule has 1 aromatic heterocycles. The molecule has 0 amide bonds. The zero-order valence-corrected chi connectivity index (χ0v) is 12.5. The minimum Gasteiger partial charge on any atom is -0.369 e. The van der Waals surface area contributed by atoms with Crippen LogP contribution in [0.2, 0.25) is 0 Å². The van der Waals surface area contributed by atoms with Gasteiger partial charge in [0, 0.05) is 24.2 Å². The summed E-state index contributed by atoms with van der Waals surface area (Å²) < 4.78 is 0. The van der Waals surface area contributed by atoms with E-state index in [0.717, 1.165) is 19.6 Å². The molecule has 1 aromatic carbocycles. The van der Waals surface area contributed by atoms with Crippen molar-refractivity contribution >= 4 is 17.0 Å². The Morgan fingerprint density at radius 1 is 1.16 bits per heavy atom. The van der Waals surface area contributed by atoms with Gasteiger partial charge in [-0.25, -0.2) is 0 Å². The van der Waals surface area contributed by atoms with Crippen LogP contribution >= 0.6 is 11.3 Å². The lowest BCUT2D eigenvalue weighted by molar-refractivity contribution is 0.675. The Balaban J connectivity index is 1.90. The lowest BCUT2D eigenvalue weighted by atomic mass is 10.2. The Kier molecular flexibility index (Phi) is 5.43. The van der Waals surface area contributed by atoms with Gasteiger partial charge in [-0.3, -0.25) is 0 Å². The van der Waals surface area contributed by atoms with Gasteiger partial charge in [-0.15, -0.1) is 11.3 Å². The highest BCUT2D eigenvalue weighted by Crippen LogP contribution is 2.18. The van der Waals surface area contributed by atoms with Crippen molar-refractivity contribution in [3.8, 4) is 0 Å². The molecule has 0 radical (unpaired) electrons. The molecule has 2 nitrogen and oxygen atoms in total. The SMILES string of the molecule is CCCNCc1ccc(N(C)Cc2cccs2)cc1. The van der Waals surface area contributed by atoms with Crippen molar-refractivity contribution in [2.45, 2.75) is 26.4 Å². The Labute approximate surface area is 120 Å². The molecule has 0 aliphatic carbocycles. The van der Waals surface area contributed by atoms with Crippen molar-refractivity contribution in [1.29, 1.82) is 0 Å². The average Bonchev–Trinajstić information content (AvgIpc) is 2.93. The van der Waals surface area contributed by atoms with E-state index in [9.17, 15) is 0 Å². The van der Waals surface area contributed by atoms with E-state index in [2.05, 4.69) is 66.0 Å². The molecule has 0 saturated carbocycles. The van der Waals surface area contributed by atoms with Crippen LogP contribution in [-0.4, -0.2) is 13.6 Å². The molecule has 2 aromatic rings. The van der Waals surface area contributed by atoms with Gasteiger partial charge in [0.05, 0.1) is 6.54 Å². The van der Waals surface area contributed by atoms with Gasteiger partial charge >= 0.3 is 0 Å². The third-order valence-electron chi connectivity index (χ3n) is 3.11. The fourth-order valence-electron chi connectivity index (χ4n) is 2.01. The van der Waals surface area contributed by atoms with Gasteiger partial charge in [-0.2, -0.15) is 0 Å². The Morgan fingerprint density at radius 2 is 1.95 bits per heavy atom. The summed E-state index contributed by atoms with van der Waals surface area (Å²) in [4.78, 5) is 3.69. The van der Waals surface area contributed by atoms with Crippen LogP contribution < -0.4 is 10.2 Å². The van der Waals surface area contributed by atoms with Crippen LogP contribution in [0.3, 0.4) is 0 Å². The van der Waals surface area contributed by atoms with Gasteiger partial charge in [0.2, 0.25) is 0 Å². The minimum atomic E-state index is 0.961. The van der Waals surface area contributed by atoms with Gasteiger partial charge in [0.1, 0.15) is 0 Å². The molecule has 0 bridgehead atoms. The fraction of sp³-hybridized carbons (Fsp3) is 0.375. The molecular weight excluding hydrogens is 252 g/mol. The number of hydrogen-bond donors (Lipinski definition) is 1. The standard InChI is InChI=1S/C16H22N2S/c1-3-10-17-12-14-6-8-15(9-7-14)18(2)13-16-5-4-11-19-16/h4-9,11,17H,3,10,12-13H2,1-2H3. The quantitative estimate of drug-likeness (QED) is 0.771. The van der Waals surface area contributed by atoms with E-state index in [4.69, 9.17) is 0 Å². The Bertz CT molecular complexity index is 462. The number of nitrogens with zero attached hydrogens (tertiary/aromatic N) is 1. The zero-order valence-electron chi connectivity index (χ0n) is 11.7. The number of nitrogens with one attached hydrogen (secondary N) is 1. The van der Waals surface area contributed by atoms with Gasteiger partial charge in [0.25, 0.3) is 0 Å². The predicted molar refractivity (Wildman–Crippen MR) is 84.9 cm³/mol. The summed E-state index contributed by atoms with van der Waals surface area (Å²) in [5, 5.41) is 5.56. The summed E-state index contributed by atoms with van der Waals surface area (Å²) in [5.41, 5.74) is 2.62. The summed E-state index contributed by atoms with van der Waals surface area (Å²) in [6.45, 7) is 5.21. The molecule has 102 valence electrons. The highest BCUT2D eigenvalue weighted by atomic mass is 32.1. The zero-order chi connectivity index (χ0) is 13.5. The first-order valence-electron chi connectivity index (χ1n) is 6.82. The molecule has 0 spiro atoms. The summed E-state index contributed by atoms with van der Waals surface area (Å²) in [7, 11) is 2.14. The molecule has 1 heterocycles. The average molecular weight is 274 g/mol. The lowest BCUT2D eigenvalue weighted by Crippen LogP contribution is -2.16. The van der Waals surface area contributed by atoms with Gasteiger partial charge < -0.3 is 10.2 Å². The van der Waals surface area contributed by atoms with Crippen LogP contribution in [0, 0.1) is 0 Å². The Hall–Kier alpha value is -1.32. The van der Waals surface area contributed by atoms with Gasteiger partial charge in [-0.1, -0.05) is 25.1 Å². The van der Waals surface area contributed by atoms with E-state index in [-0.39, 0.29) is 0 Å². The second kappa shape index (κ2) is 7.31. The smallest absolute Gasteiger partial charge is 0.0519 e. The summed E-state index contributed by atoms with van der Waals surface area (Å²) >= 11 is 1.81. The highest BCUT2D eigenvalue weighted by Gasteiger charge is 2.03. The molecule has 0 saturated heterocycles. The molecule has 0 aliphatic rings. The first-order chi connectivity index (χ1) is 9.29. The van der Waals surface area contributed by atoms with Crippen molar-refractivity contribution < 1.29 is 0 Å². The van der Waals surface area contributed by atoms with Crippen molar-refractivity contribution in [2.24, 2.45) is 0 Å². The van der Waals surface area contributed by atoms with Crippen LogP contribution in [0.4, 0.5) is 5.69 Å². The van der Waals surface area contributed by atoms with Crippen LogP contribution in [0.5, 0.6) is 0 Å². The van der Waals surface area contributed by atoms with Crippen molar-refractivity contribution in [3.63, 3.8) is 0 Å². The van der Waals surface area contributed by atoms with Crippen LogP contribution in [0.1, 0.15) is 23.8 Å². The van der Waals surface area contributed by atoms with Crippen LogP contribution in [0.25, 0.3) is 0 Å². The molecule has 0 fully saturated rings. The minimum absolute atomic E-state index is 0.961. The van der Waals surface area contributed by atoms with E-state index in [1.54, 1.807) is 0 Å². The maximum absolute atomic E-state index is 3.42. The molecular formula is C16H22N2S. The number of rotatable bonds is 7. The normalized spacial score (nSPS) is 10.6. The molecule has 0 atom stereocenters. The third kappa shape index (κ3) is 4.37. The predicted octanol–water partition coefficient (Wildman–Crippen LogP) is 3.88. The largest absolute Gasteiger partial charge is 0.369 e. The molecule has 3 heteroatoms. The fourth-order valence-corrected chi connectivity index (χ4v) is 2.76. The highest BCUT2D eigenvalue weighted by molar-refractivity contribution is 7.09. The van der Waals surface area contributed by atoms with Crippen molar-refractivity contribution in [3.05, 3.63) is 52.2 Å². The summed E-state index contributed by atoms with van der Waals surface area (Å²) in [5.74, 6) is 0. The first kappa shape index (κ1) is 14.1. The van der Waals surface area contributed by atoms with E-state index < -0.39 is 0 Å². The third-order valence-corrected chi connectivity index (χ3v) is 3.97. The van der Waals surface area contributed by atoms with E-state index in [0.29, 0.717) is 0 Å². The molecule has 1 N–H and O–H groups in total. The number of hydrogen-bond acceptors (Lipinski definition) is 3. The maximum Gasteiger partial charge on any atom is 0.0519 e. The van der Waals surface area contributed by atoms with Crippen molar-refractivity contribution in [2.75, 3.05) is 18.5 Å². The van der Waals surface area contributed by atoms with Crippen molar-refractivity contribution in [1.82, 2.24) is 5.32 Å². The van der Waals surface area contributed by atoms with Crippen LogP contribution in [0.15, 0.2) is 41.8 Å². The van der Waals surface area contributed by atoms with E-state index in [1.165, 1.54) is 22.5 Å². The maximum atomic E-state index is 3.42. The second-order valence-electron chi connectivity index (χ2n) is 4.78. The van der Waals surface area contributed by atoms with Gasteiger partial charge in [0.15, 0.2) is 0 Å². The van der Waals surface area contributed by atoms with Crippen LogP contribution in [-0.2, 0) is 13.1 Å². The number of benzene rings is 1. The Morgan fingerprint density at radius 3 is 2.58 bits per heavy atom. The molecule has 0 unspecified atom stereocenters. The second-order valence-corrected chi connectivity index (χ2v) is 5.81. The lowest BCUT2D eigenvalue weighted by Gasteiger charge is -2.18. The topological polar surface area (TPSA) is 15.3 Å². The first-order valence-corrected chi connectivity index (χ1v) is 7.70. The summed E-state index contributed by atoms with van der Waals surface area (Å²) in [6, 6.07) is 13.1. The van der Waals surface area contributed by atoms with E-state index >= 15 is 0 Å².